The normalized spacial score (nSPS) is 10.9. The number of ether oxygens (including phenoxy) is 2. The Balaban J connectivity index is 1.47. The van der Waals surface area contributed by atoms with Crippen LogP contribution in [0.5, 0.6) is 11.5 Å². The van der Waals surface area contributed by atoms with Gasteiger partial charge in [0.25, 0.3) is 0 Å². The van der Waals surface area contributed by atoms with Gasteiger partial charge in [-0.15, -0.1) is 0 Å². The predicted molar refractivity (Wildman–Crippen MR) is 134 cm³/mol. The Bertz CT molecular complexity index is 1270. The minimum absolute atomic E-state index is 0.0858. The van der Waals surface area contributed by atoms with Gasteiger partial charge in [0.2, 0.25) is 17.6 Å². The number of hydrogen-bond acceptors (Lipinski definition) is 6. The van der Waals surface area contributed by atoms with Crippen LogP contribution in [0.2, 0.25) is 0 Å². The molecule has 7 heteroatoms. The summed E-state index contributed by atoms with van der Waals surface area (Å²) in [7, 11) is 3.16. The molecule has 4 rings (SSSR count). The van der Waals surface area contributed by atoms with E-state index in [1.54, 1.807) is 37.3 Å². The van der Waals surface area contributed by atoms with Gasteiger partial charge >= 0.3 is 0 Å². The molecule has 35 heavy (non-hydrogen) atoms. The van der Waals surface area contributed by atoms with Crippen molar-refractivity contribution >= 4 is 12.0 Å². The van der Waals surface area contributed by atoms with E-state index in [0.717, 1.165) is 16.7 Å². The molecule has 0 fully saturated rings. The molecule has 0 aliphatic heterocycles. The average Bonchev–Trinajstić information content (AvgIpc) is 3.39. The zero-order valence-corrected chi connectivity index (χ0v) is 19.8. The molecule has 0 saturated carbocycles. The third kappa shape index (κ3) is 6.35. The van der Waals surface area contributed by atoms with Crippen LogP contribution in [-0.4, -0.2) is 41.7 Å². The molecule has 3 aromatic carbocycles. The van der Waals surface area contributed by atoms with Crippen LogP contribution in [0.4, 0.5) is 0 Å². The van der Waals surface area contributed by atoms with Gasteiger partial charge < -0.3 is 18.9 Å². The number of benzene rings is 3. The molecular formula is C28H27N3O4. The highest BCUT2D eigenvalue weighted by atomic mass is 16.5. The summed E-state index contributed by atoms with van der Waals surface area (Å²) in [5.41, 5.74) is 2.77. The quantitative estimate of drug-likeness (QED) is 0.303. The van der Waals surface area contributed by atoms with Crippen LogP contribution in [0.25, 0.3) is 17.5 Å². The number of nitrogens with zero attached hydrogens (tertiary/aromatic N) is 3. The largest absolute Gasteiger partial charge is 0.493 e. The molecule has 1 amide bonds. The van der Waals surface area contributed by atoms with Crippen LogP contribution in [0, 0.1) is 0 Å². The van der Waals surface area contributed by atoms with Crippen molar-refractivity contribution in [1.82, 2.24) is 15.0 Å². The number of rotatable bonds is 10. The molecule has 4 aromatic rings. The SMILES string of the molecule is COc1ccc(-c2noc(CCN(Cc3ccccc3)C(=O)C=Cc3ccccc3)n2)cc1OC. The Morgan fingerprint density at radius 3 is 2.37 bits per heavy atom. The first-order valence-electron chi connectivity index (χ1n) is 11.3. The monoisotopic (exact) mass is 469 g/mol. The first kappa shape index (κ1) is 23.8. The molecule has 0 aliphatic rings. The van der Waals surface area contributed by atoms with E-state index in [1.807, 2.05) is 72.8 Å². The summed E-state index contributed by atoms with van der Waals surface area (Å²) in [4.78, 5) is 19.3. The molecule has 178 valence electrons. The van der Waals surface area contributed by atoms with Crippen molar-refractivity contribution in [3.63, 3.8) is 0 Å². The number of methoxy groups -OCH3 is 2. The molecular weight excluding hydrogens is 442 g/mol. The number of carbonyl (C=O) groups excluding carboxylic acids is 1. The molecule has 7 nitrogen and oxygen atoms in total. The summed E-state index contributed by atoms with van der Waals surface area (Å²) in [6, 6.07) is 25.1. The van der Waals surface area contributed by atoms with Crippen molar-refractivity contribution in [2.24, 2.45) is 0 Å². The van der Waals surface area contributed by atoms with E-state index in [2.05, 4.69) is 10.1 Å². The van der Waals surface area contributed by atoms with Crippen molar-refractivity contribution < 1.29 is 18.8 Å². The number of hydrogen-bond donors (Lipinski definition) is 0. The van der Waals surface area contributed by atoms with E-state index in [1.165, 1.54) is 0 Å². The van der Waals surface area contributed by atoms with Gasteiger partial charge in [0.1, 0.15) is 0 Å². The van der Waals surface area contributed by atoms with E-state index in [0.29, 0.717) is 42.7 Å². The van der Waals surface area contributed by atoms with Crippen LogP contribution in [0.3, 0.4) is 0 Å². The van der Waals surface area contributed by atoms with Crippen molar-refractivity contribution in [3.05, 3.63) is 102 Å². The second kappa shape index (κ2) is 11.7. The predicted octanol–water partition coefficient (Wildman–Crippen LogP) is 5.04. The first-order valence-corrected chi connectivity index (χ1v) is 11.3. The molecule has 0 atom stereocenters. The number of aromatic nitrogens is 2. The zero-order chi connectivity index (χ0) is 24.5. The van der Waals surface area contributed by atoms with Crippen molar-refractivity contribution in [3.8, 4) is 22.9 Å². The van der Waals surface area contributed by atoms with Gasteiger partial charge in [0, 0.05) is 31.1 Å². The molecule has 0 radical (unpaired) electrons. The second-order valence-corrected chi connectivity index (χ2v) is 7.82. The van der Waals surface area contributed by atoms with Gasteiger partial charge in [-0.2, -0.15) is 4.98 Å². The topological polar surface area (TPSA) is 77.7 Å². The molecule has 0 bridgehead atoms. The van der Waals surface area contributed by atoms with Gasteiger partial charge in [-0.25, -0.2) is 0 Å². The number of carbonyl (C=O) groups is 1. The van der Waals surface area contributed by atoms with Gasteiger partial charge in [0.15, 0.2) is 11.5 Å². The third-order valence-electron chi connectivity index (χ3n) is 5.45. The highest BCUT2D eigenvalue weighted by Gasteiger charge is 2.16. The lowest BCUT2D eigenvalue weighted by molar-refractivity contribution is -0.126. The summed E-state index contributed by atoms with van der Waals surface area (Å²) in [5.74, 6) is 2.02. The fourth-order valence-electron chi connectivity index (χ4n) is 3.59. The second-order valence-electron chi connectivity index (χ2n) is 7.82. The first-order chi connectivity index (χ1) is 17.2. The summed E-state index contributed by atoms with van der Waals surface area (Å²) in [6.07, 6.45) is 3.85. The molecule has 0 aliphatic carbocycles. The Morgan fingerprint density at radius 2 is 1.66 bits per heavy atom. The molecule has 1 aromatic heterocycles. The van der Waals surface area contributed by atoms with Crippen molar-refractivity contribution in [1.29, 1.82) is 0 Å². The Morgan fingerprint density at radius 1 is 0.943 bits per heavy atom. The lowest BCUT2D eigenvalue weighted by atomic mass is 10.2. The van der Waals surface area contributed by atoms with Crippen molar-refractivity contribution in [2.45, 2.75) is 13.0 Å². The van der Waals surface area contributed by atoms with Crippen LogP contribution < -0.4 is 9.47 Å². The maximum atomic E-state index is 13.0. The molecule has 1 heterocycles. The van der Waals surface area contributed by atoms with E-state index in [-0.39, 0.29) is 5.91 Å². The van der Waals surface area contributed by atoms with E-state index in [4.69, 9.17) is 14.0 Å². The van der Waals surface area contributed by atoms with Gasteiger partial charge in [-0.1, -0.05) is 65.8 Å². The number of amides is 1. The molecule has 0 saturated heterocycles. The lowest BCUT2D eigenvalue weighted by Gasteiger charge is -2.20. The highest BCUT2D eigenvalue weighted by molar-refractivity contribution is 5.91. The summed E-state index contributed by atoms with van der Waals surface area (Å²) in [5, 5.41) is 4.10. The summed E-state index contributed by atoms with van der Waals surface area (Å²) >= 11 is 0. The van der Waals surface area contributed by atoms with Crippen LogP contribution in [-0.2, 0) is 17.8 Å². The average molecular weight is 470 g/mol. The summed E-state index contributed by atoms with van der Waals surface area (Å²) < 4.78 is 16.1. The maximum Gasteiger partial charge on any atom is 0.246 e. The molecule has 0 spiro atoms. The van der Waals surface area contributed by atoms with Gasteiger partial charge in [-0.05, 0) is 35.4 Å². The lowest BCUT2D eigenvalue weighted by Crippen LogP contribution is -2.31. The highest BCUT2D eigenvalue weighted by Crippen LogP contribution is 2.31. The van der Waals surface area contributed by atoms with E-state index >= 15 is 0 Å². The smallest absolute Gasteiger partial charge is 0.246 e. The van der Waals surface area contributed by atoms with Gasteiger partial charge in [-0.3, -0.25) is 4.79 Å². The standard InChI is InChI=1S/C28H27N3O4/c1-33-24-15-14-23(19-25(24)34-2)28-29-26(35-30-28)17-18-31(20-22-11-7-4-8-12-22)27(32)16-13-21-9-5-3-6-10-21/h3-16,19H,17-18,20H2,1-2H3. The fourth-order valence-corrected chi connectivity index (χ4v) is 3.59. The van der Waals surface area contributed by atoms with Crippen molar-refractivity contribution in [2.75, 3.05) is 20.8 Å². The van der Waals surface area contributed by atoms with E-state index in [9.17, 15) is 4.79 Å². The Labute approximate surface area is 204 Å². The fraction of sp³-hybridized carbons (Fsp3) is 0.179. The van der Waals surface area contributed by atoms with Gasteiger partial charge in [0.05, 0.1) is 14.2 Å². The zero-order valence-electron chi connectivity index (χ0n) is 19.8. The van der Waals surface area contributed by atoms with Crippen LogP contribution in [0.1, 0.15) is 17.0 Å². The Hall–Kier alpha value is -4.39. The third-order valence-corrected chi connectivity index (χ3v) is 5.45. The maximum absolute atomic E-state index is 13.0. The van der Waals surface area contributed by atoms with Crippen LogP contribution in [0.15, 0.2) is 89.5 Å². The van der Waals surface area contributed by atoms with Crippen LogP contribution >= 0.6 is 0 Å². The molecule has 0 N–H and O–H groups in total. The minimum atomic E-state index is -0.0858. The minimum Gasteiger partial charge on any atom is -0.493 e. The Kier molecular flexibility index (Phi) is 7.91. The summed E-state index contributed by atoms with van der Waals surface area (Å²) in [6.45, 7) is 0.913. The van der Waals surface area contributed by atoms with E-state index < -0.39 is 0 Å². The molecule has 0 unspecified atom stereocenters.